The maximum absolute atomic E-state index is 10.8. The van der Waals surface area contributed by atoms with Crippen LogP contribution >= 0.6 is 0 Å². The van der Waals surface area contributed by atoms with Gasteiger partial charge in [-0.25, -0.2) is 9.97 Å². The lowest BCUT2D eigenvalue weighted by molar-refractivity contribution is -0.140. The molecule has 0 amide bonds. The van der Waals surface area contributed by atoms with Gasteiger partial charge in [-0.05, 0) is 27.7 Å². The standard InChI is InChI=1S/C13H22N4O2/c1-8(12(18)19)7-14-10-6-11(16-9(2)15-10)17-13(3,4)5/h6,8H,7H2,1-5H3,(H,18,19)(H2,14,15,16,17). The fourth-order valence-electron chi connectivity index (χ4n) is 1.45. The van der Waals surface area contributed by atoms with Gasteiger partial charge in [0.25, 0.3) is 0 Å². The van der Waals surface area contributed by atoms with Gasteiger partial charge in [0.2, 0.25) is 0 Å². The molecule has 0 aliphatic rings. The molecule has 106 valence electrons. The first kappa shape index (κ1) is 15.2. The fourth-order valence-corrected chi connectivity index (χ4v) is 1.45. The van der Waals surface area contributed by atoms with Crippen LogP contribution in [-0.4, -0.2) is 33.1 Å². The first-order valence-electron chi connectivity index (χ1n) is 6.28. The van der Waals surface area contributed by atoms with E-state index in [9.17, 15) is 4.79 Å². The molecule has 0 saturated heterocycles. The van der Waals surface area contributed by atoms with Gasteiger partial charge < -0.3 is 15.7 Å². The van der Waals surface area contributed by atoms with Gasteiger partial charge in [0.05, 0.1) is 5.92 Å². The molecule has 0 spiro atoms. The Morgan fingerprint density at radius 3 is 2.47 bits per heavy atom. The van der Waals surface area contributed by atoms with Crippen LogP contribution in [-0.2, 0) is 4.79 Å². The van der Waals surface area contributed by atoms with Crippen molar-refractivity contribution in [1.29, 1.82) is 0 Å². The number of aliphatic carboxylic acids is 1. The molecule has 1 heterocycles. The maximum Gasteiger partial charge on any atom is 0.308 e. The number of anilines is 2. The van der Waals surface area contributed by atoms with Crippen molar-refractivity contribution in [1.82, 2.24) is 9.97 Å². The molecule has 19 heavy (non-hydrogen) atoms. The first-order chi connectivity index (χ1) is 8.67. The van der Waals surface area contributed by atoms with Crippen LogP contribution in [0.1, 0.15) is 33.5 Å². The Morgan fingerprint density at radius 1 is 1.37 bits per heavy atom. The summed E-state index contributed by atoms with van der Waals surface area (Å²) in [5.74, 6) is 0.707. The molecule has 1 aromatic heterocycles. The molecular formula is C13H22N4O2. The van der Waals surface area contributed by atoms with Crippen molar-refractivity contribution in [3.8, 4) is 0 Å². The number of aryl methyl sites for hydroxylation is 1. The van der Waals surface area contributed by atoms with Crippen LogP contribution in [0.25, 0.3) is 0 Å². The number of hydrogen-bond acceptors (Lipinski definition) is 5. The summed E-state index contributed by atoms with van der Waals surface area (Å²) in [6, 6.07) is 1.78. The number of carbonyl (C=O) groups is 1. The van der Waals surface area contributed by atoms with E-state index in [-0.39, 0.29) is 5.54 Å². The van der Waals surface area contributed by atoms with E-state index in [1.165, 1.54) is 0 Å². The van der Waals surface area contributed by atoms with Gasteiger partial charge in [-0.1, -0.05) is 6.92 Å². The second-order valence-corrected chi connectivity index (χ2v) is 5.68. The van der Waals surface area contributed by atoms with Gasteiger partial charge in [0, 0.05) is 18.2 Å². The maximum atomic E-state index is 10.8. The molecule has 3 N–H and O–H groups in total. The summed E-state index contributed by atoms with van der Waals surface area (Å²) in [4.78, 5) is 19.3. The summed E-state index contributed by atoms with van der Waals surface area (Å²) in [5, 5.41) is 15.1. The van der Waals surface area contributed by atoms with E-state index >= 15 is 0 Å². The van der Waals surface area contributed by atoms with E-state index in [0.717, 1.165) is 5.82 Å². The van der Waals surface area contributed by atoms with E-state index in [2.05, 4.69) is 20.6 Å². The summed E-state index contributed by atoms with van der Waals surface area (Å²) < 4.78 is 0. The van der Waals surface area contributed by atoms with Crippen molar-refractivity contribution in [2.45, 2.75) is 40.2 Å². The molecule has 0 aliphatic carbocycles. The van der Waals surface area contributed by atoms with Gasteiger partial charge >= 0.3 is 5.97 Å². The largest absolute Gasteiger partial charge is 0.481 e. The van der Waals surface area contributed by atoms with Gasteiger partial charge in [-0.15, -0.1) is 0 Å². The number of rotatable bonds is 5. The summed E-state index contributed by atoms with van der Waals surface area (Å²) in [6.07, 6.45) is 0. The lowest BCUT2D eigenvalue weighted by Gasteiger charge is -2.22. The molecule has 6 heteroatoms. The highest BCUT2D eigenvalue weighted by molar-refractivity contribution is 5.70. The fraction of sp³-hybridized carbons (Fsp3) is 0.615. The zero-order valence-corrected chi connectivity index (χ0v) is 12.1. The Bertz CT molecular complexity index is 454. The van der Waals surface area contributed by atoms with Gasteiger partial charge in [-0.2, -0.15) is 0 Å². The molecule has 6 nitrogen and oxygen atoms in total. The molecule has 0 aromatic carbocycles. The number of nitrogens with one attached hydrogen (secondary N) is 2. The molecule has 0 aliphatic heterocycles. The van der Waals surface area contributed by atoms with E-state index < -0.39 is 11.9 Å². The molecule has 1 unspecified atom stereocenters. The van der Waals surface area contributed by atoms with E-state index in [4.69, 9.17) is 5.11 Å². The van der Waals surface area contributed by atoms with Crippen LogP contribution in [0.2, 0.25) is 0 Å². The number of carboxylic acid groups (broad SMARTS) is 1. The van der Waals surface area contributed by atoms with Gasteiger partial charge in [-0.3, -0.25) is 4.79 Å². The number of hydrogen-bond donors (Lipinski definition) is 3. The van der Waals surface area contributed by atoms with Crippen molar-refractivity contribution in [2.75, 3.05) is 17.2 Å². The monoisotopic (exact) mass is 266 g/mol. The third kappa shape index (κ3) is 5.54. The summed E-state index contributed by atoms with van der Waals surface area (Å²) >= 11 is 0. The highest BCUT2D eigenvalue weighted by Gasteiger charge is 2.13. The molecule has 0 radical (unpaired) electrons. The SMILES string of the molecule is Cc1nc(NCC(C)C(=O)O)cc(NC(C)(C)C)n1. The topological polar surface area (TPSA) is 87.1 Å². The third-order valence-electron chi connectivity index (χ3n) is 2.35. The zero-order chi connectivity index (χ0) is 14.6. The van der Waals surface area contributed by atoms with Crippen LogP contribution in [0.5, 0.6) is 0 Å². The minimum atomic E-state index is -0.827. The molecule has 1 atom stereocenters. The Hall–Kier alpha value is -1.85. The molecule has 0 bridgehead atoms. The van der Waals surface area contributed by atoms with Crippen molar-refractivity contribution < 1.29 is 9.90 Å². The molecule has 1 rings (SSSR count). The van der Waals surface area contributed by atoms with Crippen molar-refractivity contribution in [3.63, 3.8) is 0 Å². The molecule has 1 aromatic rings. The highest BCUT2D eigenvalue weighted by Crippen LogP contribution is 2.16. The Morgan fingerprint density at radius 2 is 1.95 bits per heavy atom. The Balaban J connectivity index is 2.76. The average Bonchev–Trinajstić information content (AvgIpc) is 2.22. The predicted molar refractivity (Wildman–Crippen MR) is 75.4 cm³/mol. The van der Waals surface area contributed by atoms with E-state index in [1.807, 2.05) is 20.8 Å². The van der Waals surface area contributed by atoms with Gasteiger partial charge in [0.1, 0.15) is 17.5 Å². The second-order valence-electron chi connectivity index (χ2n) is 5.68. The van der Waals surface area contributed by atoms with Crippen molar-refractivity contribution in [2.24, 2.45) is 5.92 Å². The summed E-state index contributed by atoms with van der Waals surface area (Å²) in [5.41, 5.74) is -0.0909. The zero-order valence-electron chi connectivity index (χ0n) is 12.1. The first-order valence-corrected chi connectivity index (χ1v) is 6.28. The Labute approximate surface area is 113 Å². The molecule has 0 fully saturated rings. The van der Waals surface area contributed by atoms with Crippen LogP contribution in [0.4, 0.5) is 11.6 Å². The van der Waals surface area contributed by atoms with Crippen molar-refractivity contribution >= 4 is 17.6 Å². The highest BCUT2D eigenvalue weighted by atomic mass is 16.4. The smallest absolute Gasteiger partial charge is 0.308 e. The van der Waals surface area contributed by atoms with E-state index in [1.54, 1.807) is 19.9 Å². The third-order valence-corrected chi connectivity index (χ3v) is 2.35. The minimum absolute atomic E-state index is 0.0909. The van der Waals surface area contributed by atoms with Crippen molar-refractivity contribution in [3.05, 3.63) is 11.9 Å². The lowest BCUT2D eigenvalue weighted by atomic mass is 10.1. The molecular weight excluding hydrogens is 244 g/mol. The quantitative estimate of drug-likeness (QED) is 0.756. The normalized spacial score (nSPS) is 12.9. The van der Waals surface area contributed by atoms with Crippen LogP contribution in [0.15, 0.2) is 6.07 Å². The minimum Gasteiger partial charge on any atom is -0.481 e. The Kier molecular flexibility index (Phi) is 4.69. The van der Waals surface area contributed by atoms with Crippen LogP contribution < -0.4 is 10.6 Å². The average molecular weight is 266 g/mol. The summed E-state index contributed by atoms with van der Waals surface area (Å²) in [6.45, 7) is 9.93. The molecule has 0 saturated carbocycles. The van der Waals surface area contributed by atoms with Crippen LogP contribution in [0, 0.1) is 12.8 Å². The summed E-state index contributed by atoms with van der Waals surface area (Å²) in [7, 11) is 0. The number of aromatic nitrogens is 2. The number of carboxylic acids is 1. The van der Waals surface area contributed by atoms with Gasteiger partial charge in [0.15, 0.2) is 0 Å². The number of nitrogens with zero attached hydrogens (tertiary/aromatic N) is 2. The van der Waals surface area contributed by atoms with Crippen LogP contribution in [0.3, 0.4) is 0 Å². The van der Waals surface area contributed by atoms with E-state index in [0.29, 0.717) is 18.2 Å². The lowest BCUT2D eigenvalue weighted by Crippen LogP contribution is -2.27. The second kappa shape index (κ2) is 5.86. The predicted octanol–water partition coefficient (Wildman–Crippen LogP) is 2.13.